The van der Waals surface area contributed by atoms with Crippen LogP contribution in [-0.2, 0) is 0 Å². The molecule has 0 aromatic heterocycles. The van der Waals surface area contributed by atoms with Crippen molar-refractivity contribution in [3.63, 3.8) is 0 Å². The van der Waals surface area contributed by atoms with E-state index in [-0.39, 0.29) is 6.10 Å². The molecule has 0 spiro atoms. The fraction of sp³-hybridized carbons (Fsp3) is 0.385. The Kier molecular flexibility index (Phi) is 3.54. The molecule has 80 valence electrons. The van der Waals surface area contributed by atoms with Gasteiger partial charge in [-0.25, -0.2) is 0 Å². The van der Waals surface area contributed by atoms with E-state index >= 15 is 0 Å². The Morgan fingerprint density at radius 1 is 1.33 bits per heavy atom. The van der Waals surface area contributed by atoms with Crippen molar-refractivity contribution in [3.05, 3.63) is 42.0 Å². The van der Waals surface area contributed by atoms with Crippen LogP contribution in [0.25, 0.3) is 6.08 Å². The smallest absolute Gasteiger partial charge is 0.0679 e. The standard InChI is InChI=1S/C13H17NO/c15-13-8-10-14(11-13)9-4-7-12-5-2-1-3-6-12/h1-7,13,15H,8-11H2/t13-/m0/s1. The number of hydrogen-bond donors (Lipinski definition) is 1. The van der Waals surface area contributed by atoms with Crippen LogP contribution in [-0.4, -0.2) is 35.7 Å². The molecule has 1 atom stereocenters. The maximum absolute atomic E-state index is 9.35. The van der Waals surface area contributed by atoms with E-state index in [9.17, 15) is 5.11 Å². The van der Waals surface area contributed by atoms with Gasteiger partial charge in [0.25, 0.3) is 0 Å². The van der Waals surface area contributed by atoms with Crippen LogP contribution in [0.2, 0.25) is 0 Å². The van der Waals surface area contributed by atoms with Gasteiger partial charge in [0.05, 0.1) is 6.10 Å². The molecule has 1 heterocycles. The fourth-order valence-corrected chi connectivity index (χ4v) is 1.88. The van der Waals surface area contributed by atoms with Gasteiger partial charge in [-0.15, -0.1) is 0 Å². The van der Waals surface area contributed by atoms with Crippen molar-refractivity contribution in [2.45, 2.75) is 12.5 Å². The minimum atomic E-state index is -0.116. The van der Waals surface area contributed by atoms with Gasteiger partial charge in [0.15, 0.2) is 0 Å². The van der Waals surface area contributed by atoms with E-state index in [1.165, 1.54) is 5.56 Å². The highest BCUT2D eigenvalue weighted by molar-refractivity contribution is 5.48. The lowest BCUT2D eigenvalue weighted by atomic mass is 10.2. The molecule has 1 fully saturated rings. The number of likely N-dealkylation sites (tertiary alicyclic amines) is 1. The molecular weight excluding hydrogens is 186 g/mol. The molecule has 0 bridgehead atoms. The minimum absolute atomic E-state index is 0.116. The highest BCUT2D eigenvalue weighted by Gasteiger charge is 2.18. The fourth-order valence-electron chi connectivity index (χ4n) is 1.88. The van der Waals surface area contributed by atoms with Crippen LogP contribution in [0, 0.1) is 0 Å². The van der Waals surface area contributed by atoms with Crippen LogP contribution < -0.4 is 0 Å². The van der Waals surface area contributed by atoms with Crippen LogP contribution in [0.5, 0.6) is 0 Å². The Balaban J connectivity index is 1.81. The summed E-state index contributed by atoms with van der Waals surface area (Å²) in [4.78, 5) is 2.27. The number of aliphatic hydroxyl groups is 1. The second kappa shape index (κ2) is 5.10. The zero-order valence-electron chi connectivity index (χ0n) is 8.84. The van der Waals surface area contributed by atoms with Crippen molar-refractivity contribution in [2.75, 3.05) is 19.6 Å². The summed E-state index contributed by atoms with van der Waals surface area (Å²) in [7, 11) is 0. The predicted octanol–water partition coefficient (Wildman–Crippen LogP) is 1.77. The number of hydrogen-bond acceptors (Lipinski definition) is 2. The SMILES string of the molecule is O[C@H]1CCN(CC=Cc2ccccc2)C1. The Morgan fingerprint density at radius 2 is 2.13 bits per heavy atom. The normalized spacial score (nSPS) is 22.6. The van der Waals surface area contributed by atoms with Crippen LogP contribution in [0.15, 0.2) is 36.4 Å². The van der Waals surface area contributed by atoms with Crippen molar-refractivity contribution in [1.82, 2.24) is 4.90 Å². The third kappa shape index (κ3) is 3.18. The number of rotatable bonds is 3. The summed E-state index contributed by atoms with van der Waals surface area (Å²) in [6, 6.07) is 10.3. The summed E-state index contributed by atoms with van der Waals surface area (Å²) in [5.74, 6) is 0. The maximum Gasteiger partial charge on any atom is 0.0679 e. The van der Waals surface area contributed by atoms with Crippen LogP contribution in [0.1, 0.15) is 12.0 Å². The van der Waals surface area contributed by atoms with Crippen molar-refractivity contribution in [3.8, 4) is 0 Å². The van der Waals surface area contributed by atoms with Gasteiger partial charge in [0, 0.05) is 19.6 Å². The Hall–Kier alpha value is -1.12. The summed E-state index contributed by atoms with van der Waals surface area (Å²) >= 11 is 0. The van der Waals surface area contributed by atoms with Gasteiger partial charge in [-0.2, -0.15) is 0 Å². The monoisotopic (exact) mass is 203 g/mol. The van der Waals surface area contributed by atoms with E-state index < -0.39 is 0 Å². The van der Waals surface area contributed by atoms with Gasteiger partial charge < -0.3 is 5.11 Å². The number of nitrogens with zero attached hydrogens (tertiary/aromatic N) is 1. The molecule has 0 saturated carbocycles. The first-order valence-corrected chi connectivity index (χ1v) is 5.46. The van der Waals surface area contributed by atoms with E-state index in [4.69, 9.17) is 0 Å². The first-order chi connectivity index (χ1) is 7.34. The van der Waals surface area contributed by atoms with Crippen molar-refractivity contribution in [2.24, 2.45) is 0 Å². The lowest BCUT2D eigenvalue weighted by molar-refractivity contribution is 0.179. The largest absolute Gasteiger partial charge is 0.392 e. The molecule has 1 saturated heterocycles. The van der Waals surface area contributed by atoms with E-state index in [0.717, 1.165) is 26.1 Å². The Morgan fingerprint density at radius 3 is 2.80 bits per heavy atom. The predicted molar refractivity (Wildman–Crippen MR) is 62.5 cm³/mol. The topological polar surface area (TPSA) is 23.5 Å². The molecule has 1 aromatic carbocycles. The first-order valence-electron chi connectivity index (χ1n) is 5.46. The highest BCUT2D eigenvalue weighted by Crippen LogP contribution is 2.08. The van der Waals surface area contributed by atoms with E-state index in [1.807, 2.05) is 18.2 Å². The third-order valence-corrected chi connectivity index (χ3v) is 2.72. The summed E-state index contributed by atoms with van der Waals surface area (Å²) in [5, 5.41) is 9.35. The zero-order chi connectivity index (χ0) is 10.5. The minimum Gasteiger partial charge on any atom is -0.392 e. The second-order valence-corrected chi connectivity index (χ2v) is 4.02. The highest BCUT2D eigenvalue weighted by atomic mass is 16.3. The third-order valence-electron chi connectivity index (χ3n) is 2.72. The van der Waals surface area contributed by atoms with Gasteiger partial charge in [-0.3, -0.25) is 4.90 Å². The van der Waals surface area contributed by atoms with Gasteiger partial charge in [-0.1, -0.05) is 42.5 Å². The van der Waals surface area contributed by atoms with Crippen molar-refractivity contribution >= 4 is 6.08 Å². The van der Waals surface area contributed by atoms with Crippen LogP contribution >= 0.6 is 0 Å². The summed E-state index contributed by atoms with van der Waals surface area (Å²) in [6.45, 7) is 2.77. The number of aliphatic hydroxyl groups excluding tert-OH is 1. The average Bonchev–Trinajstić information content (AvgIpc) is 2.66. The second-order valence-electron chi connectivity index (χ2n) is 4.02. The maximum atomic E-state index is 9.35. The molecule has 0 radical (unpaired) electrons. The molecule has 2 rings (SSSR count). The summed E-state index contributed by atoms with van der Waals surface area (Å²) in [5.41, 5.74) is 1.23. The first kappa shape index (κ1) is 10.4. The lowest BCUT2D eigenvalue weighted by Crippen LogP contribution is -2.21. The average molecular weight is 203 g/mol. The molecule has 0 aliphatic carbocycles. The molecule has 2 heteroatoms. The van der Waals surface area contributed by atoms with E-state index in [0.29, 0.717) is 0 Å². The zero-order valence-corrected chi connectivity index (χ0v) is 8.84. The molecule has 0 amide bonds. The number of β-amino-alcohol motifs (C(OH)–C–C–N with tert-alkyl or cyclic N) is 1. The molecule has 1 N–H and O–H groups in total. The van der Waals surface area contributed by atoms with Gasteiger partial charge in [0.2, 0.25) is 0 Å². The summed E-state index contributed by atoms with van der Waals surface area (Å²) < 4.78 is 0. The molecule has 15 heavy (non-hydrogen) atoms. The Labute approximate surface area is 90.8 Å². The van der Waals surface area contributed by atoms with Crippen LogP contribution in [0.3, 0.4) is 0 Å². The van der Waals surface area contributed by atoms with Gasteiger partial charge in [-0.05, 0) is 12.0 Å². The van der Waals surface area contributed by atoms with Crippen LogP contribution in [0.4, 0.5) is 0 Å². The van der Waals surface area contributed by atoms with E-state index in [2.05, 4.69) is 29.2 Å². The Bertz CT molecular complexity index is 321. The van der Waals surface area contributed by atoms with Gasteiger partial charge >= 0.3 is 0 Å². The molecular formula is C13H17NO. The number of benzene rings is 1. The van der Waals surface area contributed by atoms with Gasteiger partial charge in [0.1, 0.15) is 0 Å². The quantitative estimate of drug-likeness (QED) is 0.809. The molecule has 1 aliphatic heterocycles. The molecule has 1 aliphatic rings. The molecule has 1 aromatic rings. The summed E-state index contributed by atoms with van der Waals surface area (Å²) in [6.07, 6.45) is 5.09. The van der Waals surface area contributed by atoms with Crippen molar-refractivity contribution < 1.29 is 5.11 Å². The molecule has 2 nitrogen and oxygen atoms in total. The molecule has 0 unspecified atom stereocenters. The van der Waals surface area contributed by atoms with E-state index in [1.54, 1.807) is 0 Å². The van der Waals surface area contributed by atoms with Crippen molar-refractivity contribution in [1.29, 1.82) is 0 Å². The lowest BCUT2D eigenvalue weighted by Gasteiger charge is -2.10.